The first-order valence-corrected chi connectivity index (χ1v) is 4.22. The van der Waals surface area contributed by atoms with Gasteiger partial charge in [0.1, 0.15) is 12.6 Å². The van der Waals surface area contributed by atoms with E-state index in [1.54, 1.807) is 0 Å². The van der Waals surface area contributed by atoms with Gasteiger partial charge in [0.25, 0.3) is 0 Å². The van der Waals surface area contributed by atoms with Crippen molar-refractivity contribution in [1.29, 1.82) is 0 Å². The highest BCUT2D eigenvalue weighted by Gasteiger charge is 2.35. The Morgan fingerprint density at radius 3 is 2.92 bits per heavy atom. The minimum atomic E-state index is -0.543. The molecule has 0 aromatic carbocycles. The van der Waals surface area contributed by atoms with E-state index >= 15 is 0 Å². The summed E-state index contributed by atoms with van der Waals surface area (Å²) in [6, 6.07) is -0.543. The van der Waals surface area contributed by atoms with Gasteiger partial charge in [-0.15, -0.1) is 0 Å². The molecule has 2 atom stereocenters. The lowest BCUT2D eigenvalue weighted by Crippen LogP contribution is -2.38. The molecule has 0 bridgehead atoms. The van der Waals surface area contributed by atoms with E-state index in [0.29, 0.717) is 6.42 Å². The second kappa shape index (κ2) is 4.23. The molecule has 1 aliphatic rings. The van der Waals surface area contributed by atoms with Crippen LogP contribution in [0.15, 0.2) is 0 Å². The van der Waals surface area contributed by atoms with Crippen molar-refractivity contribution in [3.8, 4) is 0 Å². The van der Waals surface area contributed by atoms with Crippen LogP contribution in [-0.4, -0.2) is 36.2 Å². The lowest BCUT2D eigenvalue weighted by atomic mass is 10.0. The molecule has 74 valence electrons. The van der Waals surface area contributed by atoms with E-state index in [2.05, 4.69) is 5.32 Å². The summed E-state index contributed by atoms with van der Waals surface area (Å²) in [5.74, 6) is -0.621. The number of aliphatic hydroxyl groups is 1. The number of nitrogens with one attached hydrogen (secondary N) is 1. The first kappa shape index (κ1) is 9.98. The van der Waals surface area contributed by atoms with Crippen molar-refractivity contribution in [2.75, 3.05) is 13.2 Å². The molecule has 1 fully saturated rings. The summed E-state index contributed by atoms with van der Waals surface area (Å²) in [6.45, 7) is 1.60. The number of esters is 1. The molecule has 0 saturated carbocycles. The van der Waals surface area contributed by atoms with Crippen molar-refractivity contribution in [1.82, 2.24) is 5.32 Å². The van der Waals surface area contributed by atoms with Crippen LogP contribution in [0.5, 0.6) is 0 Å². The Hall–Kier alpha value is -1.10. The SMILES string of the molecule is CC1CC(=O)NC1C(=O)OCCO. The van der Waals surface area contributed by atoms with Crippen LogP contribution in [0.3, 0.4) is 0 Å². The monoisotopic (exact) mass is 187 g/mol. The fourth-order valence-electron chi connectivity index (χ4n) is 1.31. The third kappa shape index (κ3) is 2.42. The fourth-order valence-corrected chi connectivity index (χ4v) is 1.31. The summed E-state index contributed by atoms with van der Waals surface area (Å²) >= 11 is 0. The predicted octanol–water partition coefficient (Wildman–Crippen LogP) is -0.953. The van der Waals surface area contributed by atoms with Crippen molar-refractivity contribution >= 4 is 11.9 Å². The Kier molecular flexibility index (Phi) is 3.25. The van der Waals surface area contributed by atoms with Crippen molar-refractivity contribution in [3.63, 3.8) is 0 Å². The number of hydrogen-bond acceptors (Lipinski definition) is 4. The van der Waals surface area contributed by atoms with Gasteiger partial charge in [-0.05, 0) is 5.92 Å². The van der Waals surface area contributed by atoms with E-state index in [1.807, 2.05) is 6.92 Å². The third-order valence-electron chi connectivity index (χ3n) is 1.98. The Bertz CT molecular complexity index is 216. The summed E-state index contributed by atoms with van der Waals surface area (Å²) in [7, 11) is 0. The smallest absolute Gasteiger partial charge is 0.329 e. The van der Waals surface area contributed by atoms with E-state index in [9.17, 15) is 9.59 Å². The molecule has 13 heavy (non-hydrogen) atoms. The second-order valence-electron chi connectivity index (χ2n) is 3.12. The van der Waals surface area contributed by atoms with Crippen molar-refractivity contribution in [2.24, 2.45) is 5.92 Å². The molecule has 0 spiro atoms. The Labute approximate surface area is 76.1 Å². The molecule has 1 rings (SSSR count). The summed E-state index contributed by atoms with van der Waals surface area (Å²) < 4.78 is 4.69. The average molecular weight is 187 g/mol. The van der Waals surface area contributed by atoms with Gasteiger partial charge < -0.3 is 15.2 Å². The molecular formula is C8H13NO4. The molecule has 1 aliphatic heterocycles. The van der Waals surface area contributed by atoms with Gasteiger partial charge in [0, 0.05) is 6.42 Å². The molecule has 2 N–H and O–H groups in total. The largest absolute Gasteiger partial charge is 0.462 e. The number of carbonyl (C=O) groups excluding carboxylic acids is 2. The van der Waals surface area contributed by atoms with Gasteiger partial charge in [0.15, 0.2) is 0 Å². The standard InChI is InChI=1S/C8H13NO4/c1-5-4-6(11)9-7(5)8(12)13-3-2-10/h5,7,10H,2-4H2,1H3,(H,9,11). The quantitative estimate of drug-likeness (QED) is 0.558. The van der Waals surface area contributed by atoms with Crippen LogP contribution in [0.4, 0.5) is 0 Å². The highest BCUT2D eigenvalue weighted by atomic mass is 16.5. The average Bonchev–Trinajstić information content (AvgIpc) is 2.41. The van der Waals surface area contributed by atoms with E-state index in [1.165, 1.54) is 0 Å². The molecular weight excluding hydrogens is 174 g/mol. The molecule has 5 heteroatoms. The Morgan fingerprint density at radius 1 is 1.77 bits per heavy atom. The van der Waals surface area contributed by atoms with Gasteiger partial charge >= 0.3 is 5.97 Å². The molecule has 0 aromatic rings. The number of hydrogen-bond donors (Lipinski definition) is 2. The van der Waals surface area contributed by atoms with E-state index < -0.39 is 12.0 Å². The van der Waals surface area contributed by atoms with E-state index in [0.717, 1.165) is 0 Å². The topological polar surface area (TPSA) is 75.6 Å². The van der Waals surface area contributed by atoms with E-state index in [-0.39, 0.29) is 25.0 Å². The number of carbonyl (C=O) groups is 2. The highest BCUT2D eigenvalue weighted by molar-refractivity contribution is 5.88. The number of amides is 1. The maximum absolute atomic E-state index is 11.2. The van der Waals surface area contributed by atoms with Gasteiger partial charge in [0.2, 0.25) is 5.91 Å². The highest BCUT2D eigenvalue weighted by Crippen LogP contribution is 2.16. The van der Waals surface area contributed by atoms with Crippen molar-refractivity contribution < 1.29 is 19.4 Å². The van der Waals surface area contributed by atoms with Gasteiger partial charge in [0.05, 0.1) is 6.61 Å². The van der Waals surface area contributed by atoms with Crippen LogP contribution in [0, 0.1) is 5.92 Å². The maximum Gasteiger partial charge on any atom is 0.329 e. The number of ether oxygens (including phenoxy) is 1. The first-order chi connectivity index (χ1) is 6.15. The zero-order chi connectivity index (χ0) is 9.84. The van der Waals surface area contributed by atoms with Crippen LogP contribution in [0.1, 0.15) is 13.3 Å². The minimum absolute atomic E-state index is 0.0159. The van der Waals surface area contributed by atoms with Crippen LogP contribution in [-0.2, 0) is 14.3 Å². The van der Waals surface area contributed by atoms with Crippen molar-refractivity contribution in [2.45, 2.75) is 19.4 Å². The van der Waals surface area contributed by atoms with Gasteiger partial charge in [-0.1, -0.05) is 6.92 Å². The van der Waals surface area contributed by atoms with Gasteiger partial charge in [-0.25, -0.2) is 4.79 Å². The zero-order valence-corrected chi connectivity index (χ0v) is 7.45. The van der Waals surface area contributed by atoms with E-state index in [4.69, 9.17) is 9.84 Å². The molecule has 2 unspecified atom stereocenters. The maximum atomic E-state index is 11.2. The number of aliphatic hydroxyl groups excluding tert-OH is 1. The molecule has 0 aromatic heterocycles. The second-order valence-corrected chi connectivity index (χ2v) is 3.12. The minimum Gasteiger partial charge on any atom is -0.462 e. The van der Waals surface area contributed by atoms with Crippen LogP contribution >= 0.6 is 0 Å². The normalized spacial score (nSPS) is 27.1. The summed E-state index contributed by atoms with van der Waals surface area (Å²) in [5, 5.41) is 10.9. The first-order valence-electron chi connectivity index (χ1n) is 4.22. The zero-order valence-electron chi connectivity index (χ0n) is 7.45. The summed E-state index contributed by atoms with van der Waals surface area (Å²) in [5.41, 5.74) is 0. The van der Waals surface area contributed by atoms with Gasteiger partial charge in [-0.3, -0.25) is 4.79 Å². The third-order valence-corrected chi connectivity index (χ3v) is 1.98. The molecule has 0 radical (unpaired) electrons. The molecule has 0 aliphatic carbocycles. The Balaban J connectivity index is 2.42. The molecule has 1 heterocycles. The lowest BCUT2D eigenvalue weighted by molar-refractivity contribution is -0.148. The van der Waals surface area contributed by atoms with Crippen LogP contribution in [0.2, 0.25) is 0 Å². The van der Waals surface area contributed by atoms with Crippen LogP contribution in [0.25, 0.3) is 0 Å². The number of rotatable bonds is 3. The Morgan fingerprint density at radius 2 is 2.46 bits per heavy atom. The fraction of sp³-hybridized carbons (Fsp3) is 0.750. The van der Waals surface area contributed by atoms with Crippen LogP contribution < -0.4 is 5.32 Å². The molecule has 1 saturated heterocycles. The summed E-state index contributed by atoms with van der Waals surface area (Å²) in [4.78, 5) is 22.1. The molecule has 1 amide bonds. The predicted molar refractivity (Wildman–Crippen MR) is 43.8 cm³/mol. The summed E-state index contributed by atoms with van der Waals surface area (Å²) in [6.07, 6.45) is 0.360. The van der Waals surface area contributed by atoms with Crippen molar-refractivity contribution in [3.05, 3.63) is 0 Å². The molecule has 5 nitrogen and oxygen atoms in total. The van der Waals surface area contributed by atoms with Gasteiger partial charge in [-0.2, -0.15) is 0 Å². The lowest BCUT2D eigenvalue weighted by Gasteiger charge is -2.12.